The fourth-order valence-electron chi connectivity index (χ4n) is 3.20. The maximum Gasteiger partial charge on any atom is 0.127 e. The number of benzene rings is 1. The zero-order valence-corrected chi connectivity index (χ0v) is 12.2. The van der Waals surface area contributed by atoms with Gasteiger partial charge in [-0.05, 0) is 55.2 Å². The molecule has 0 bridgehead atoms. The van der Waals surface area contributed by atoms with Gasteiger partial charge in [-0.25, -0.2) is 4.39 Å². The molecule has 3 atom stereocenters. The Morgan fingerprint density at radius 3 is 2.84 bits per heavy atom. The minimum absolute atomic E-state index is 0.181. The minimum atomic E-state index is -0.289. The van der Waals surface area contributed by atoms with Crippen LogP contribution in [0.4, 0.5) is 4.39 Å². The first-order valence-electron chi connectivity index (χ1n) is 7.22. The van der Waals surface area contributed by atoms with E-state index in [0.717, 1.165) is 19.3 Å². The second-order valence-corrected chi connectivity index (χ2v) is 6.17. The van der Waals surface area contributed by atoms with E-state index in [1.165, 1.54) is 18.9 Å². The summed E-state index contributed by atoms with van der Waals surface area (Å²) in [6.07, 6.45) is 5.69. The van der Waals surface area contributed by atoms with Crippen LogP contribution in [0.5, 0.6) is 0 Å². The van der Waals surface area contributed by atoms with E-state index in [-0.39, 0.29) is 17.8 Å². The Morgan fingerprint density at radius 2 is 2.16 bits per heavy atom. The molecule has 1 aromatic carbocycles. The van der Waals surface area contributed by atoms with Crippen LogP contribution in [-0.2, 0) is 6.42 Å². The molecule has 1 aromatic rings. The molecule has 1 N–H and O–H groups in total. The van der Waals surface area contributed by atoms with Crippen molar-refractivity contribution in [1.29, 1.82) is 0 Å². The first-order valence-corrected chi connectivity index (χ1v) is 7.60. The number of aliphatic hydroxyl groups excluding tert-OH is 1. The van der Waals surface area contributed by atoms with Crippen LogP contribution in [0, 0.1) is 17.7 Å². The summed E-state index contributed by atoms with van der Waals surface area (Å²) >= 11 is 5.76. The van der Waals surface area contributed by atoms with Gasteiger partial charge in [-0.2, -0.15) is 0 Å². The molecule has 0 spiro atoms. The lowest BCUT2D eigenvalue weighted by Gasteiger charge is -2.33. The molecule has 0 saturated heterocycles. The van der Waals surface area contributed by atoms with Crippen LogP contribution in [0.2, 0.25) is 5.02 Å². The van der Waals surface area contributed by atoms with Crippen molar-refractivity contribution in [2.24, 2.45) is 11.8 Å². The fraction of sp³-hybridized carbons (Fsp3) is 0.625. The van der Waals surface area contributed by atoms with Crippen LogP contribution in [-0.4, -0.2) is 11.2 Å². The molecule has 2 rings (SSSR count). The lowest BCUT2D eigenvalue weighted by molar-refractivity contribution is 0.0459. The lowest BCUT2D eigenvalue weighted by Crippen LogP contribution is -2.30. The van der Waals surface area contributed by atoms with Crippen molar-refractivity contribution in [3.63, 3.8) is 0 Å². The Morgan fingerprint density at radius 1 is 1.37 bits per heavy atom. The lowest BCUT2D eigenvalue weighted by atomic mass is 9.75. The minimum Gasteiger partial charge on any atom is -0.393 e. The zero-order chi connectivity index (χ0) is 13.8. The summed E-state index contributed by atoms with van der Waals surface area (Å²) < 4.78 is 13.8. The Labute approximate surface area is 119 Å². The molecule has 19 heavy (non-hydrogen) atoms. The summed E-state index contributed by atoms with van der Waals surface area (Å²) in [6, 6.07) is 4.82. The number of halogens is 2. The summed E-state index contributed by atoms with van der Waals surface area (Å²) in [6.45, 7) is 2.19. The van der Waals surface area contributed by atoms with E-state index >= 15 is 0 Å². The average molecular weight is 285 g/mol. The van der Waals surface area contributed by atoms with Gasteiger partial charge in [-0.15, -0.1) is 0 Å². The van der Waals surface area contributed by atoms with Crippen molar-refractivity contribution >= 4 is 11.6 Å². The van der Waals surface area contributed by atoms with Gasteiger partial charge in [0.05, 0.1) is 6.10 Å². The molecule has 0 aromatic heterocycles. The maximum absolute atomic E-state index is 13.8. The van der Waals surface area contributed by atoms with Crippen LogP contribution < -0.4 is 0 Å². The van der Waals surface area contributed by atoms with Gasteiger partial charge >= 0.3 is 0 Å². The van der Waals surface area contributed by atoms with Crippen LogP contribution in [0.25, 0.3) is 0 Å². The molecule has 1 nitrogen and oxygen atoms in total. The van der Waals surface area contributed by atoms with E-state index in [1.807, 2.05) is 0 Å². The molecule has 1 aliphatic rings. The highest BCUT2D eigenvalue weighted by molar-refractivity contribution is 6.30. The molecule has 106 valence electrons. The summed E-state index contributed by atoms with van der Waals surface area (Å²) in [5, 5.41) is 10.5. The van der Waals surface area contributed by atoms with Gasteiger partial charge in [-0.3, -0.25) is 0 Å². The molecule has 1 aliphatic carbocycles. The Kier molecular flexibility index (Phi) is 5.23. The topological polar surface area (TPSA) is 20.2 Å². The molecule has 0 heterocycles. The van der Waals surface area contributed by atoms with Gasteiger partial charge in [0, 0.05) is 5.02 Å². The first kappa shape index (κ1) is 14.8. The molecule has 1 saturated carbocycles. The van der Waals surface area contributed by atoms with E-state index in [4.69, 9.17) is 11.6 Å². The number of aliphatic hydroxyl groups is 1. The summed E-state index contributed by atoms with van der Waals surface area (Å²) in [5.41, 5.74) is 0.672. The maximum atomic E-state index is 13.8. The average Bonchev–Trinajstić information content (AvgIpc) is 2.37. The van der Waals surface area contributed by atoms with Gasteiger partial charge < -0.3 is 5.11 Å². The quantitative estimate of drug-likeness (QED) is 0.857. The van der Waals surface area contributed by atoms with Crippen LogP contribution in [0.15, 0.2) is 18.2 Å². The third-order valence-electron chi connectivity index (χ3n) is 4.25. The molecule has 0 radical (unpaired) electrons. The Balaban J connectivity index is 2.03. The summed E-state index contributed by atoms with van der Waals surface area (Å²) in [7, 11) is 0. The highest BCUT2D eigenvalue weighted by Crippen LogP contribution is 2.34. The third-order valence-corrected chi connectivity index (χ3v) is 4.48. The van der Waals surface area contributed by atoms with Crippen molar-refractivity contribution in [1.82, 2.24) is 0 Å². The van der Waals surface area contributed by atoms with E-state index in [0.29, 0.717) is 22.9 Å². The molecule has 1 fully saturated rings. The number of hydrogen-bond acceptors (Lipinski definition) is 1. The van der Waals surface area contributed by atoms with E-state index in [1.54, 1.807) is 12.1 Å². The molecular weight excluding hydrogens is 263 g/mol. The first-order chi connectivity index (χ1) is 9.10. The summed E-state index contributed by atoms with van der Waals surface area (Å²) in [5.74, 6) is 0.618. The molecule has 0 aliphatic heterocycles. The standard InChI is InChI=1S/C16H22ClFO/c1-2-3-11-4-7-16(19)13(8-11)9-12-5-6-14(17)10-15(12)18/h5-6,10-11,13,16,19H,2-4,7-9H2,1H3. The monoisotopic (exact) mass is 284 g/mol. The van der Waals surface area contributed by atoms with Crippen molar-refractivity contribution in [2.75, 3.05) is 0 Å². The number of hydrogen-bond donors (Lipinski definition) is 1. The largest absolute Gasteiger partial charge is 0.393 e. The van der Waals surface area contributed by atoms with E-state index < -0.39 is 0 Å². The number of rotatable bonds is 4. The Bertz CT molecular complexity index is 421. The van der Waals surface area contributed by atoms with Crippen molar-refractivity contribution in [3.8, 4) is 0 Å². The van der Waals surface area contributed by atoms with Crippen LogP contribution >= 0.6 is 11.6 Å². The third kappa shape index (κ3) is 3.93. The molecule has 0 amide bonds. The second-order valence-electron chi connectivity index (χ2n) is 5.74. The van der Waals surface area contributed by atoms with Crippen LogP contribution in [0.1, 0.15) is 44.6 Å². The highest BCUT2D eigenvalue weighted by Gasteiger charge is 2.29. The predicted octanol–water partition coefficient (Wildman–Crippen LogP) is 4.60. The molecule has 3 heteroatoms. The zero-order valence-electron chi connectivity index (χ0n) is 11.4. The smallest absolute Gasteiger partial charge is 0.127 e. The SMILES string of the molecule is CCCC1CCC(O)C(Cc2ccc(Cl)cc2F)C1. The molecular formula is C16H22ClFO. The van der Waals surface area contributed by atoms with Crippen LogP contribution in [0.3, 0.4) is 0 Å². The van der Waals surface area contributed by atoms with Gasteiger partial charge in [-0.1, -0.05) is 37.4 Å². The van der Waals surface area contributed by atoms with Gasteiger partial charge in [0.15, 0.2) is 0 Å². The molecule has 3 unspecified atom stereocenters. The normalized spacial score (nSPS) is 27.5. The highest BCUT2D eigenvalue weighted by atomic mass is 35.5. The van der Waals surface area contributed by atoms with Gasteiger partial charge in [0.2, 0.25) is 0 Å². The Hall–Kier alpha value is -0.600. The van der Waals surface area contributed by atoms with E-state index in [2.05, 4.69) is 6.92 Å². The second kappa shape index (κ2) is 6.71. The predicted molar refractivity (Wildman–Crippen MR) is 76.9 cm³/mol. The van der Waals surface area contributed by atoms with Crippen molar-refractivity contribution in [3.05, 3.63) is 34.6 Å². The van der Waals surface area contributed by atoms with Gasteiger partial charge in [0.1, 0.15) is 5.82 Å². The summed E-state index contributed by atoms with van der Waals surface area (Å²) in [4.78, 5) is 0. The van der Waals surface area contributed by atoms with Crippen molar-refractivity contribution < 1.29 is 9.50 Å². The van der Waals surface area contributed by atoms with Gasteiger partial charge in [0.25, 0.3) is 0 Å². The van der Waals surface area contributed by atoms with Crippen molar-refractivity contribution in [2.45, 2.75) is 51.6 Å². The fourth-order valence-corrected chi connectivity index (χ4v) is 3.36. The van der Waals surface area contributed by atoms with E-state index in [9.17, 15) is 9.50 Å².